The lowest BCUT2D eigenvalue weighted by Crippen LogP contribution is -2.18. The molecule has 3 aromatic rings. The highest BCUT2D eigenvalue weighted by atomic mass is 35.5. The zero-order valence-corrected chi connectivity index (χ0v) is 14.0. The van der Waals surface area contributed by atoms with E-state index in [-0.39, 0.29) is 11.4 Å². The molecule has 2 aromatic carbocycles. The lowest BCUT2D eigenvalue weighted by atomic mass is 10.1. The van der Waals surface area contributed by atoms with Crippen molar-refractivity contribution >= 4 is 35.0 Å². The van der Waals surface area contributed by atoms with Gasteiger partial charge < -0.3 is 9.84 Å². The number of carbonyl (C=O) groups excluding carboxylic acids is 2. The van der Waals surface area contributed by atoms with Crippen LogP contribution in [0.5, 0.6) is 0 Å². The first-order chi connectivity index (χ1) is 12.0. The van der Waals surface area contributed by atoms with Gasteiger partial charge in [-0.05, 0) is 31.2 Å². The first-order valence-electron chi connectivity index (χ1n) is 7.44. The van der Waals surface area contributed by atoms with E-state index in [4.69, 9.17) is 16.1 Å². The lowest BCUT2D eigenvalue weighted by molar-refractivity contribution is 0.102. The van der Waals surface area contributed by atoms with Crippen LogP contribution in [-0.2, 0) is 0 Å². The SMILES string of the molecule is Cc1cc(NC(=O)c2ccccc2NC(=O)c2ccccc2Cl)on1. The second-order valence-electron chi connectivity index (χ2n) is 5.27. The Morgan fingerprint density at radius 2 is 1.60 bits per heavy atom. The van der Waals surface area contributed by atoms with Crippen molar-refractivity contribution in [3.63, 3.8) is 0 Å². The van der Waals surface area contributed by atoms with E-state index in [1.165, 1.54) is 0 Å². The third-order valence-corrected chi connectivity index (χ3v) is 3.73. The summed E-state index contributed by atoms with van der Waals surface area (Å²) in [5.74, 6) is -0.595. The van der Waals surface area contributed by atoms with Gasteiger partial charge in [-0.15, -0.1) is 0 Å². The number of aryl methyl sites for hydroxylation is 1. The first kappa shape index (κ1) is 16.7. The van der Waals surface area contributed by atoms with Gasteiger partial charge in [-0.1, -0.05) is 41.0 Å². The van der Waals surface area contributed by atoms with Crippen molar-refractivity contribution in [1.82, 2.24) is 5.16 Å². The fourth-order valence-electron chi connectivity index (χ4n) is 2.23. The third kappa shape index (κ3) is 3.87. The van der Waals surface area contributed by atoms with Gasteiger partial charge in [0.1, 0.15) is 0 Å². The van der Waals surface area contributed by atoms with Crippen molar-refractivity contribution in [2.24, 2.45) is 0 Å². The van der Waals surface area contributed by atoms with E-state index >= 15 is 0 Å². The van der Waals surface area contributed by atoms with Crippen molar-refractivity contribution in [1.29, 1.82) is 0 Å². The molecule has 0 aliphatic carbocycles. The lowest BCUT2D eigenvalue weighted by Gasteiger charge is -2.11. The van der Waals surface area contributed by atoms with E-state index in [9.17, 15) is 9.59 Å². The van der Waals surface area contributed by atoms with E-state index in [1.807, 2.05) is 0 Å². The van der Waals surface area contributed by atoms with E-state index in [1.54, 1.807) is 61.5 Å². The topological polar surface area (TPSA) is 84.2 Å². The molecule has 7 heteroatoms. The molecule has 25 heavy (non-hydrogen) atoms. The Balaban J connectivity index is 1.82. The summed E-state index contributed by atoms with van der Waals surface area (Å²) >= 11 is 6.04. The largest absolute Gasteiger partial charge is 0.338 e. The molecule has 126 valence electrons. The van der Waals surface area contributed by atoms with Crippen LogP contribution >= 0.6 is 11.6 Å². The monoisotopic (exact) mass is 355 g/mol. The Bertz CT molecular complexity index is 937. The number of carbonyl (C=O) groups is 2. The number of anilines is 2. The van der Waals surface area contributed by atoms with Crippen LogP contribution in [0.15, 0.2) is 59.1 Å². The Kier molecular flexibility index (Phi) is 4.81. The first-order valence-corrected chi connectivity index (χ1v) is 7.82. The maximum atomic E-state index is 12.5. The summed E-state index contributed by atoms with van der Waals surface area (Å²) in [7, 11) is 0. The van der Waals surface area contributed by atoms with E-state index in [0.717, 1.165) is 0 Å². The average Bonchev–Trinajstić information content (AvgIpc) is 3.00. The van der Waals surface area contributed by atoms with Crippen LogP contribution in [-0.4, -0.2) is 17.0 Å². The van der Waals surface area contributed by atoms with Crippen LogP contribution in [0.4, 0.5) is 11.6 Å². The second-order valence-corrected chi connectivity index (χ2v) is 5.67. The Morgan fingerprint density at radius 3 is 2.28 bits per heavy atom. The number of para-hydroxylation sites is 1. The van der Waals surface area contributed by atoms with Gasteiger partial charge in [0.25, 0.3) is 11.8 Å². The van der Waals surface area contributed by atoms with Crippen LogP contribution in [0.1, 0.15) is 26.4 Å². The number of aromatic nitrogens is 1. The van der Waals surface area contributed by atoms with Crippen molar-refractivity contribution in [3.8, 4) is 0 Å². The molecule has 1 heterocycles. The van der Waals surface area contributed by atoms with Crippen LogP contribution in [0.25, 0.3) is 0 Å². The molecule has 0 fully saturated rings. The van der Waals surface area contributed by atoms with Gasteiger partial charge in [0.05, 0.1) is 27.5 Å². The molecule has 0 radical (unpaired) electrons. The van der Waals surface area contributed by atoms with Gasteiger partial charge in [-0.2, -0.15) is 0 Å². The minimum Gasteiger partial charge on any atom is -0.338 e. The van der Waals surface area contributed by atoms with E-state index < -0.39 is 11.8 Å². The van der Waals surface area contributed by atoms with Gasteiger partial charge in [0.15, 0.2) is 0 Å². The molecule has 0 aliphatic heterocycles. The summed E-state index contributed by atoms with van der Waals surface area (Å²) in [5, 5.41) is 9.35. The standard InChI is InChI=1S/C18H14ClN3O3/c1-11-10-16(25-22-11)21-18(24)13-7-3-5-9-15(13)20-17(23)12-6-2-4-8-14(12)19/h2-10H,1H3,(H,20,23)(H,21,24). The molecule has 0 bridgehead atoms. The molecule has 6 nitrogen and oxygen atoms in total. The van der Waals surface area contributed by atoms with E-state index in [2.05, 4.69) is 15.8 Å². The highest BCUT2D eigenvalue weighted by molar-refractivity contribution is 6.34. The molecule has 0 saturated heterocycles. The molecule has 0 atom stereocenters. The number of benzene rings is 2. The average molecular weight is 356 g/mol. The molecular weight excluding hydrogens is 342 g/mol. The van der Waals surface area contributed by atoms with Crippen LogP contribution in [0.2, 0.25) is 5.02 Å². The molecule has 0 spiro atoms. The molecule has 3 rings (SSSR count). The Morgan fingerprint density at radius 1 is 0.960 bits per heavy atom. The Hall–Kier alpha value is -3.12. The molecule has 0 aliphatic rings. The van der Waals surface area contributed by atoms with Gasteiger partial charge in [0, 0.05) is 6.07 Å². The molecule has 2 amide bonds. The summed E-state index contributed by atoms with van der Waals surface area (Å²) in [6.07, 6.45) is 0. The molecule has 1 aromatic heterocycles. The van der Waals surface area contributed by atoms with E-state index in [0.29, 0.717) is 22.0 Å². The van der Waals surface area contributed by atoms with Gasteiger partial charge in [-0.25, -0.2) is 0 Å². The Labute approximate surface area is 148 Å². The zero-order chi connectivity index (χ0) is 17.8. The number of nitrogens with one attached hydrogen (secondary N) is 2. The van der Waals surface area contributed by atoms with Crippen LogP contribution in [0, 0.1) is 6.92 Å². The van der Waals surface area contributed by atoms with Crippen LogP contribution < -0.4 is 10.6 Å². The summed E-state index contributed by atoms with van der Waals surface area (Å²) in [6, 6.07) is 14.9. The summed E-state index contributed by atoms with van der Waals surface area (Å²) < 4.78 is 4.98. The number of hydrogen-bond donors (Lipinski definition) is 2. The number of hydrogen-bond acceptors (Lipinski definition) is 4. The molecule has 0 unspecified atom stereocenters. The highest BCUT2D eigenvalue weighted by Gasteiger charge is 2.16. The van der Waals surface area contributed by atoms with Crippen molar-refractivity contribution in [2.45, 2.75) is 6.92 Å². The predicted octanol–water partition coefficient (Wildman–Crippen LogP) is 4.14. The number of amides is 2. The van der Waals surface area contributed by atoms with Crippen molar-refractivity contribution in [3.05, 3.63) is 76.4 Å². The summed E-state index contributed by atoms with van der Waals surface area (Å²) in [6.45, 7) is 1.75. The van der Waals surface area contributed by atoms with Crippen LogP contribution in [0.3, 0.4) is 0 Å². The quantitative estimate of drug-likeness (QED) is 0.736. The number of halogens is 1. The fraction of sp³-hybridized carbons (Fsp3) is 0.0556. The summed E-state index contributed by atoms with van der Waals surface area (Å²) in [4.78, 5) is 24.9. The molecular formula is C18H14ClN3O3. The maximum Gasteiger partial charge on any atom is 0.260 e. The van der Waals surface area contributed by atoms with Crippen molar-refractivity contribution in [2.75, 3.05) is 10.6 Å². The normalized spacial score (nSPS) is 10.3. The summed E-state index contributed by atoms with van der Waals surface area (Å²) in [5.41, 5.74) is 1.62. The zero-order valence-electron chi connectivity index (χ0n) is 13.2. The van der Waals surface area contributed by atoms with Gasteiger partial charge >= 0.3 is 0 Å². The maximum absolute atomic E-state index is 12.5. The molecule has 0 saturated carbocycles. The second kappa shape index (κ2) is 7.19. The number of rotatable bonds is 4. The van der Waals surface area contributed by atoms with Gasteiger partial charge in [-0.3, -0.25) is 14.9 Å². The predicted molar refractivity (Wildman–Crippen MR) is 95.0 cm³/mol. The minimum atomic E-state index is -0.425. The molecule has 2 N–H and O–H groups in total. The van der Waals surface area contributed by atoms with Crippen molar-refractivity contribution < 1.29 is 14.1 Å². The smallest absolute Gasteiger partial charge is 0.260 e. The fourth-order valence-corrected chi connectivity index (χ4v) is 2.45. The minimum absolute atomic E-state index is 0.231. The highest BCUT2D eigenvalue weighted by Crippen LogP contribution is 2.21. The number of nitrogens with zero attached hydrogens (tertiary/aromatic N) is 1. The van der Waals surface area contributed by atoms with Gasteiger partial charge in [0.2, 0.25) is 5.88 Å². The third-order valence-electron chi connectivity index (χ3n) is 3.40.